The summed E-state index contributed by atoms with van der Waals surface area (Å²) in [5.74, 6) is -2.36. The zero-order valence-electron chi connectivity index (χ0n) is 15.8. The average molecular weight is 411 g/mol. The fourth-order valence-corrected chi connectivity index (χ4v) is 5.72. The first-order valence-electron chi connectivity index (χ1n) is 9.40. The Kier molecular flexibility index (Phi) is 5.83. The minimum Gasteiger partial charge on any atom is -0.504 e. The van der Waals surface area contributed by atoms with E-state index in [0.29, 0.717) is 12.0 Å². The number of phenols is 2. The molecule has 0 spiro atoms. The van der Waals surface area contributed by atoms with E-state index in [1.54, 1.807) is 11.8 Å². The zero-order valence-corrected chi connectivity index (χ0v) is 16.6. The van der Waals surface area contributed by atoms with E-state index in [2.05, 4.69) is 0 Å². The number of aryl methyl sites for hydroxylation is 1. The molecular weight excluding hydrogens is 386 g/mol. The first-order valence-corrected chi connectivity index (χ1v) is 11.2. The SMILES string of the molecule is Cc1ccc(C(=O)OCC(=O)N(C2CCCC2)C2CCS(=O)(=O)C2)c(O)c1O. The third kappa shape index (κ3) is 4.24. The van der Waals surface area contributed by atoms with E-state index in [1.165, 1.54) is 12.1 Å². The zero-order chi connectivity index (χ0) is 20.5. The molecule has 1 aliphatic carbocycles. The van der Waals surface area contributed by atoms with Crippen LogP contribution in [-0.4, -0.2) is 65.6 Å². The number of carbonyl (C=O) groups is 2. The fraction of sp³-hybridized carbons (Fsp3) is 0.579. The minimum atomic E-state index is -3.15. The lowest BCUT2D eigenvalue weighted by Gasteiger charge is -2.33. The highest BCUT2D eigenvalue weighted by atomic mass is 32.2. The first kappa shape index (κ1) is 20.4. The molecule has 3 rings (SSSR count). The third-order valence-electron chi connectivity index (χ3n) is 5.51. The fourth-order valence-electron chi connectivity index (χ4n) is 4.01. The number of phenolic OH excluding ortho intramolecular Hbond substituents is 2. The Bertz CT molecular complexity index is 875. The van der Waals surface area contributed by atoms with Gasteiger partial charge in [-0.15, -0.1) is 0 Å². The molecule has 1 aliphatic heterocycles. The summed E-state index contributed by atoms with van der Waals surface area (Å²) < 4.78 is 28.8. The lowest BCUT2D eigenvalue weighted by atomic mass is 10.1. The summed E-state index contributed by atoms with van der Waals surface area (Å²) in [5, 5.41) is 19.7. The van der Waals surface area contributed by atoms with Gasteiger partial charge in [0.05, 0.1) is 11.5 Å². The molecule has 1 heterocycles. The molecule has 9 heteroatoms. The Balaban J connectivity index is 1.70. The maximum absolute atomic E-state index is 12.8. The lowest BCUT2D eigenvalue weighted by Crippen LogP contribution is -2.48. The maximum atomic E-state index is 12.8. The van der Waals surface area contributed by atoms with Gasteiger partial charge >= 0.3 is 5.97 Å². The smallest absolute Gasteiger partial charge is 0.342 e. The van der Waals surface area contributed by atoms with Crippen molar-refractivity contribution in [1.29, 1.82) is 0 Å². The molecule has 0 bridgehead atoms. The van der Waals surface area contributed by atoms with E-state index in [0.717, 1.165) is 25.7 Å². The molecule has 0 aromatic heterocycles. The molecule has 1 aromatic rings. The molecule has 1 unspecified atom stereocenters. The van der Waals surface area contributed by atoms with Crippen molar-refractivity contribution in [3.63, 3.8) is 0 Å². The Morgan fingerprint density at radius 1 is 1.11 bits per heavy atom. The van der Waals surface area contributed by atoms with Crippen LogP contribution >= 0.6 is 0 Å². The van der Waals surface area contributed by atoms with E-state index < -0.39 is 45.9 Å². The quantitative estimate of drug-likeness (QED) is 0.556. The van der Waals surface area contributed by atoms with Gasteiger partial charge in [-0.25, -0.2) is 13.2 Å². The Labute approximate surface area is 164 Å². The van der Waals surface area contributed by atoms with Crippen LogP contribution in [0.25, 0.3) is 0 Å². The molecule has 2 N–H and O–H groups in total. The molecule has 1 saturated carbocycles. The van der Waals surface area contributed by atoms with Crippen LogP contribution in [0.5, 0.6) is 11.5 Å². The second kappa shape index (κ2) is 7.98. The summed E-state index contributed by atoms with van der Waals surface area (Å²) in [7, 11) is -3.15. The van der Waals surface area contributed by atoms with Crippen molar-refractivity contribution in [2.45, 2.75) is 51.1 Å². The van der Waals surface area contributed by atoms with Gasteiger partial charge in [-0.1, -0.05) is 18.9 Å². The van der Waals surface area contributed by atoms with Crippen LogP contribution in [0.2, 0.25) is 0 Å². The van der Waals surface area contributed by atoms with Crippen LogP contribution in [-0.2, 0) is 19.4 Å². The van der Waals surface area contributed by atoms with Gasteiger partial charge in [0.2, 0.25) is 0 Å². The number of ether oxygens (including phenoxy) is 1. The molecule has 28 heavy (non-hydrogen) atoms. The van der Waals surface area contributed by atoms with Gasteiger partial charge < -0.3 is 19.8 Å². The summed E-state index contributed by atoms with van der Waals surface area (Å²) >= 11 is 0. The van der Waals surface area contributed by atoms with E-state index in [9.17, 15) is 28.2 Å². The normalized spacial score (nSPS) is 21.5. The Morgan fingerprint density at radius 3 is 2.39 bits per heavy atom. The van der Waals surface area contributed by atoms with Crippen LogP contribution < -0.4 is 0 Å². The van der Waals surface area contributed by atoms with Gasteiger partial charge in [0.25, 0.3) is 5.91 Å². The largest absolute Gasteiger partial charge is 0.504 e. The summed E-state index contributed by atoms with van der Waals surface area (Å²) in [6.45, 7) is 1.03. The molecule has 0 radical (unpaired) electrons. The Morgan fingerprint density at radius 2 is 1.79 bits per heavy atom. The van der Waals surface area contributed by atoms with Gasteiger partial charge in [-0.05, 0) is 37.8 Å². The van der Waals surface area contributed by atoms with Crippen LogP contribution in [0.3, 0.4) is 0 Å². The average Bonchev–Trinajstić information content (AvgIpc) is 3.28. The molecule has 2 fully saturated rings. The number of hydrogen-bond acceptors (Lipinski definition) is 7. The molecule has 1 aromatic carbocycles. The monoisotopic (exact) mass is 411 g/mol. The summed E-state index contributed by atoms with van der Waals surface area (Å²) in [6, 6.07) is 2.34. The summed E-state index contributed by atoms with van der Waals surface area (Å²) in [4.78, 5) is 26.6. The molecule has 8 nitrogen and oxygen atoms in total. The number of benzene rings is 1. The van der Waals surface area contributed by atoms with E-state index in [4.69, 9.17) is 4.74 Å². The van der Waals surface area contributed by atoms with Crippen molar-refractivity contribution < 1.29 is 33.0 Å². The number of esters is 1. The van der Waals surface area contributed by atoms with Crippen molar-refractivity contribution in [2.75, 3.05) is 18.1 Å². The molecule has 1 saturated heterocycles. The second-order valence-electron chi connectivity index (χ2n) is 7.50. The standard InChI is InChI=1S/C19H25NO7S/c1-12-6-7-15(18(23)17(12)22)19(24)27-10-16(21)20(13-4-2-3-5-13)14-8-9-28(25,26)11-14/h6-7,13-14,22-23H,2-5,8-11H2,1H3. The third-order valence-corrected chi connectivity index (χ3v) is 7.26. The number of amides is 1. The van der Waals surface area contributed by atoms with E-state index >= 15 is 0 Å². The second-order valence-corrected chi connectivity index (χ2v) is 9.73. The minimum absolute atomic E-state index is 0.0404. The molecule has 1 atom stereocenters. The van der Waals surface area contributed by atoms with Crippen LogP contribution in [0.15, 0.2) is 12.1 Å². The maximum Gasteiger partial charge on any atom is 0.342 e. The Hall–Kier alpha value is -2.29. The van der Waals surface area contributed by atoms with Gasteiger partial charge in [-0.3, -0.25) is 4.79 Å². The van der Waals surface area contributed by atoms with E-state index in [-0.39, 0.29) is 23.1 Å². The van der Waals surface area contributed by atoms with Gasteiger partial charge in [0, 0.05) is 12.1 Å². The highest BCUT2D eigenvalue weighted by Crippen LogP contribution is 2.33. The number of carbonyl (C=O) groups excluding carboxylic acids is 2. The number of sulfone groups is 1. The van der Waals surface area contributed by atoms with E-state index in [1.807, 2.05) is 0 Å². The molecule has 1 amide bonds. The highest BCUT2D eigenvalue weighted by molar-refractivity contribution is 7.91. The van der Waals surface area contributed by atoms with Crippen LogP contribution in [0, 0.1) is 6.92 Å². The highest BCUT2D eigenvalue weighted by Gasteiger charge is 2.39. The number of rotatable bonds is 5. The predicted octanol–water partition coefficient (Wildman–Crippen LogP) is 1.52. The number of nitrogens with zero attached hydrogens (tertiary/aromatic N) is 1. The summed E-state index contributed by atoms with van der Waals surface area (Å²) in [6.07, 6.45) is 3.96. The van der Waals surface area contributed by atoms with Gasteiger partial charge in [0.15, 0.2) is 27.9 Å². The van der Waals surface area contributed by atoms with Crippen molar-refractivity contribution in [3.8, 4) is 11.5 Å². The van der Waals surface area contributed by atoms with Crippen LogP contribution in [0.1, 0.15) is 48.0 Å². The molecule has 2 aliphatic rings. The van der Waals surface area contributed by atoms with Crippen molar-refractivity contribution in [3.05, 3.63) is 23.3 Å². The molecule has 154 valence electrons. The predicted molar refractivity (Wildman–Crippen MR) is 101 cm³/mol. The van der Waals surface area contributed by atoms with Gasteiger partial charge in [-0.2, -0.15) is 0 Å². The van der Waals surface area contributed by atoms with Crippen molar-refractivity contribution in [2.24, 2.45) is 0 Å². The lowest BCUT2D eigenvalue weighted by molar-refractivity contribution is -0.139. The molecular formula is C19H25NO7S. The first-order chi connectivity index (χ1) is 13.2. The topological polar surface area (TPSA) is 121 Å². The number of hydrogen-bond donors (Lipinski definition) is 2. The number of aromatic hydroxyl groups is 2. The summed E-state index contributed by atoms with van der Waals surface area (Å²) in [5.41, 5.74) is 0.173. The van der Waals surface area contributed by atoms with Gasteiger partial charge in [0.1, 0.15) is 5.56 Å². The van der Waals surface area contributed by atoms with Crippen molar-refractivity contribution >= 4 is 21.7 Å². The van der Waals surface area contributed by atoms with Crippen molar-refractivity contribution in [1.82, 2.24) is 4.90 Å². The van der Waals surface area contributed by atoms with Crippen LogP contribution in [0.4, 0.5) is 0 Å².